The minimum Gasteiger partial charge on any atom is -0.472 e. The highest BCUT2D eigenvalue weighted by Gasteiger charge is 2.22. The summed E-state index contributed by atoms with van der Waals surface area (Å²) in [5.74, 6) is -0.169. The van der Waals surface area contributed by atoms with Gasteiger partial charge in [0.1, 0.15) is 6.26 Å². The molecule has 1 saturated heterocycles. The molecule has 1 amide bonds. The molecule has 1 aromatic carbocycles. The Bertz CT molecular complexity index is 592. The number of carbonyl (C=O) groups is 1. The number of methoxy groups -OCH3 is 1. The van der Waals surface area contributed by atoms with Gasteiger partial charge in [0, 0.05) is 31.6 Å². The van der Waals surface area contributed by atoms with Crippen molar-refractivity contribution in [1.29, 1.82) is 0 Å². The van der Waals surface area contributed by atoms with Crippen molar-refractivity contribution in [2.75, 3.05) is 30.4 Å². The lowest BCUT2D eigenvalue weighted by atomic mass is 10.2. The molecular weight excluding hydrogens is 268 g/mol. The van der Waals surface area contributed by atoms with E-state index in [1.165, 1.54) is 12.5 Å². The van der Waals surface area contributed by atoms with Crippen LogP contribution >= 0.6 is 0 Å². The van der Waals surface area contributed by atoms with E-state index in [1.807, 2.05) is 24.3 Å². The van der Waals surface area contributed by atoms with Gasteiger partial charge in [-0.05, 0) is 36.8 Å². The summed E-state index contributed by atoms with van der Waals surface area (Å²) in [5, 5.41) is 2.84. The molecule has 1 aromatic heterocycles. The molecule has 1 fully saturated rings. The summed E-state index contributed by atoms with van der Waals surface area (Å²) in [6.45, 7) is 1.91. The van der Waals surface area contributed by atoms with Crippen molar-refractivity contribution in [3.63, 3.8) is 0 Å². The molecule has 3 rings (SSSR count). The molecule has 2 heterocycles. The van der Waals surface area contributed by atoms with E-state index in [4.69, 9.17) is 9.15 Å². The summed E-state index contributed by atoms with van der Waals surface area (Å²) >= 11 is 0. The van der Waals surface area contributed by atoms with E-state index in [9.17, 15) is 4.79 Å². The second-order valence-electron chi connectivity index (χ2n) is 5.11. The molecule has 5 nitrogen and oxygen atoms in total. The molecule has 0 saturated carbocycles. The number of furan rings is 1. The number of hydrogen-bond donors (Lipinski definition) is 1. The molecule has 0 radical (unpaired) electrons. The summed E-state index contributed by atoms with van der Waals surface area (Å²) in [7, 11) is 1.75. The minimum absolute atomic E-state index is 0.169. The fraction of sp³-hybridized carbons (Fsp3) is 0.312. The van der Waals surface area contributed by atoms with Gasteiger partial charge in [-0.25, -0.2) is 0 Å². The van der Waals surface area contributed by atoms with Crippen molar-refractivity contribution in [2.24, 2.45) is 0 Å². The SMILES string of the molecule is COC1CCN(c2ccc(NC(=O)c3ccoc3)cc2)C1. The molecule has 5 heteroatoms. The quantitative estimate of drug-likeness (QED) is 0.939. The third-order valence-electron chi connectivity index (χ3n) is 3.75. The van der Waals surface area contributed by atoms with Gasteiger partial charge >= 0.3 is 0 Å². The number of amides is 1. The number of ether oxygens (including phenoxy) is 1. The second-order valence-corrected chi connectivity index (χ2v) is 5.11. The number of benzene rings is 1. The lowest BCUT2D eigenvalue weighted by Gasteiger charge is -2.18. The lowest BCUT2D eigenvalue weighted by Crippen LogP contribution is -2.22. The molecule has 2 aromatic rings. The van der Waals surface area contributed by atoms with Crippen molar-refractivity contribution in [3.05, 3.63) is 48.4 Å². The summed E-state index contributed by atoms with van der Waals surface area (Å²) in [5.41, 5.74) is 2.44. The zero-order valence-electron chi connectivity index (χ0n) is 11.9. The van der Waals surface area contributed by atoms with E-state index in [0.29, 0.717) is 11.7 Å². The van der Waals surface area contributed by atoms with Crippen LogP contribution in [0.4, 0.5) is 11.4 Å². The Morgan fingerprint density at radius 2 is 2.14 bits per heavy atom. The Morgan fingerprint density at radius 3 is 2.76 bits per heavy atom. The van der Waals surface area contributed by atoms with Crippen molar-refractivity contribution in [2.45, 2.75) is 12.5 Å². The van der Waals surface area contributed by atoms with Crippen LogP contribution in [0.15, 0.2) is 47.3 Å². The van der Waals surface area contributed by atoms with Crippen LogP contribution in [0, 0.1) is 0 Å². The molecule has 0 aliphatic carbocycles. The molecule has 0 bridgehead atoms. The highest BCUT2D eigenvalue weighted by atomic mass is 16.5. The maximum Gasteiger partial charge on any atom is 0.258 e. The molecule has 1 atom stereocenters. The molecule has 21 heavy (non-hydrogen) atoms. The fourth-order valence-electron chi connectivity index (χ4n) is 2.51. The summed E-state index contributed by atoms with van der Waals surface area (Å²) in [6, 6.07) is 9.49. The van der Waals surface area contributed by atoms with E-state index in [2.05, 4.69) is 10.2 Å². The zero-order valence-corrected chi connectivity index (χ0v) is 11.9. The first-order valence-electron chi connectivity index (χ1n) is 6.97. The van der Waals surface area contributed by atoms with Crippen molar-refractivity contribution < 1.29 is 13.9 Å². The maximum atomic E-state index is 11.9. The largest absolute Gasteiger partial charge is 0.472 e. The Labute approximate surface area is 123 Å². The second kappa shape index (κ2) is 6.01. The molecule has 1 aliphatic heterocycles. The van der Waals surface area contributed by atoms with Gasteiger partial charge in [0.25, 0.3) is 5.91 Å². The minimum atomic E-state index is -0.169. The molecule has 110 valence electrons. The standard InChI is InChI=1S/C16H18N2O3/c1-20-15-6-8-18(10-15)14-4-2-13(3-5-14)17-16(19)12-7-9-21-11-12/h2-5,7,9,11,15H,6,8,10H2,1H3,(H,17,19). The van der Waals surface area contributed by atoms with Gasteiger partial charge in [-0.2, -0.15) is 0 Å². The van der Waals surface area contributed by atoms with Gasteiger partial charge in [-0.3, -0.25) is 4.79 Å². The van der Waals surface area contributed by atoms with Crippen LogP contribution in [0.2, 0.25) is 0 Å². The van der Waals surface area contributed by atoms with E-state index in [-0.39, 0.29) is 5.91 Å². The number of nitrogens with one attached hydrogen (secondary N) is 1. The number of nitrogens with zero attached hydrogens (tertiary/aromatic N) is 1. The van der Waals surface area contributed by atoms with Gasteiger partial charge in [0.05, 0.1) is 17.9 Å². The van der Waals surface area contributed by atoms with Crippen LogP contribution in [-0.4, -0.2) is 32.2 Å². The Kier molecular flexibility index (Phi) is 3.92. The molecule has 1 unspecified atom stereocenters. The van der Waals surface area contributed by atoms with Crippen LogP contribution in [0.5, 0.6) is 0 Å². The molecule has 1 N–H and O–H groups in total. The van der Waals surface area contributed by atoms with Gasteiger partial charge in [0.2, 0.25) is 0 Å². The van der Waals surface area contributed by atoms with E-state index < -0.39 is 0 Å². The summed E-state index contributed by atoms with van der Waals surface area (Å²) in [6.07, 6.45) is 4.27. The normalized spacial score (nSPS) is 18.0. The first kappa shape index (κ1) is 13.7. The number of hydrogen-bond acceptors (Lipinski definition) is 4. The predicted molar refractivity (Wildman–Crippen MR) is 80.7 cm³/mol. The van der Waals surface area contributed by atoms with E-state index in [0.717, 1.165) is 30.9 Å². The van der Waals surface area contributed by atoms with Crippen LogP contribution in [0.1, 0.15) is 16.8 Å². The zero-order chi connectivity index (χ0) is 14.7. The van der Waals surface area contributed by atoms with Crippen molar-refractivity contribution in [3.8, 4) is 0 Å². The third-order valence-corrected chi connectivity index (χ3v) is 3.75. The van der Waals surface area contributed by atoms with Crippen LogP contribution in [-0.2, 0) is 4.74 Å². The molecular formula is C16H18N2O3. The van der Waals surface area contributed by atoms with Crippen molar-refractivity contribution in [1.82, 2.24) is 0 Å². The van der Waals surface area contributed by atoms with Gasteiger partial charge in [-0.15, -0.1) is 0 Å². The Hall–Kier alpha value is -2.27. The van der Waals surface area contributed by atoms with Crippen molar-refractivity contribution >= 4 is 17.3 Å². The summed E-state index contributed by atoms with van der Waals surface area (Å²) in [4.78, 5) is 14.2. The number of anilines is 2. The maximum absolute atomic E-state index is 11.9. The Balaban J connectivity index is 1.63. The van der Waals surface area contributed by atoms with E-state index in [1.54, 1.807) is 13.2 Å². The summed E-state index contributed by atoms with van der Waals surface area (Å²) < 4.78 is 10.3. The third kappa shape index (κ3) is 3.08. The predicted octanol–water partition coefficient (Wildman–Crippen LogP) is 2.76. The number of carbonyl (C=O) groups excluding carboxylic acids is 1. The van der Waals surface area contributed by atoms with Gasteiger partial charge in [0.15, 0.2) is 0 Å². The average molecular weight is 286 g/mol. The first-order chi connectivity index (χ1) is 10.3. The van der Waals surface area contributed by atoms with Crippen LogP contribution in [0.3, 0.4) is 0 Å². The Morgan fingerprint density at radius 1 is 1.33 bits per heavy atom. The topological polar surface area (TPSA) is 54.7 Å². The van der Waals surface area contributed by atoms with Gasteiger partial charge < -0.3 is 19.4 Å². The monoisotopic (exact) mass is 286 g/mol. The van der Waals surface area contributed by atoms with Crippen LogP contribution in [0.25, 0.3) is 0 Å². The smallest absolute Gasteiger partial charge is 0.258 e. The first-order valence-corrected chi connectivity index (χ1v) is 6.97. The highest BCUT2D eigenvalue weighted by molar-refractivity contribution is 6.04. The average Bonchev–Trinajstić information content (AvgIpc) is 3.19. The number of rotatable bonds is 4. The molecule has 1 aliphatic rings. The fourth-order valence-corrected chi connectivity index (χ4v) is 2.51. The van der Waals surface area contributed by atoms with Gasteiger partial charge in [-0.1, -0.05) is 0 Å². The van der Waals surface area contributed by atoms with Crippen LogP contribution < -0.4 is 10.2 Å². The highest BCUT2D eigenvalue weighted by Crippen LogP contribution is 2.23. The molecule has 0 spiro atoms. The lowest BCUT2D eigenvalue weighted by molar-refractivity contribution is 0.102. The van der Waals surface area contributed by atoms with E-state index >= 15 is 0 Å².